The molecule has 2 unspecified atom stereocenters. The van der Waals surface area contributed by atoms with Gasteiger partial charge in [-0.3, -0.25) is 14.4 Å². The number of fused-ring (bicyclic) bond motifs is 3. The number of hydrogen-bond donors (Lipinski definition) is 5. The van der Waals surface area contributed by atoms with Crippen LogP contribution in [-0.4, -0.2) is 63.7 Å². The van der Waals surface area contributed by atoms with Gasteiger partial charge in [0.1, 0.15) is 17.4 Å². The van der Waals surface area contributed by atoms with E-state index >= 15 is 0 Å². The smallest absolute Gasteiger partial charge is 0.230 e. The molecule has 0 radical (unpaired) electrons. The van der Waals surface area contributed by atoms with E-state index in [0.29, 0.717) is 11.1 Å². The summed E-state index contributed by atoms with van der Waals surface area (Å²) in [7, 11) is 3.68. The van der Waals surface area contributed by atoms with E-state index in [-0.39, 0.29) is 36.1 Å². The molecule has 6 N–H and O–H groups in total. The number of Topliss-reactive ketones (excluding diaryl/α,β-unsaturated/α-hetero) is 2. The number of thiophene rings is 1. The van der Waals surface area contributed by atoms with E-state index in [9.17, 15) is 34.8 Å². The maximum Gasteiger partial charge on any atom is 0.230 e. The highest BCUT2D eigenvalue weighted by Gasteiger charge is 2.64. The molecule has 3 aliphatic carbocycles. The molecule has 0 bridgehead atoms. The molecule has 1 amide bonds. The van der Waals surface area contributed by atoms with Gasteiger partial charge in [0.15, 0.2) is 11.4 Å². The Kier molecular flexibility index (Phi) is 5.31. The normalized spacial score (nSPS) is 29.9. The Morgan fingerprint density at radius 1 is 1.23 bits per heavy atom. The molecule has 5 rings (SSSR count). The van der Waals surface area contributed by atoms with Gasteiger partial charge in [-0.1, -0.05) is 6.07 Å². The van der Waals surface area contributed by atoms with Crippen LogP contribution in [0.5, 0.6) is 5.75 Å². The zero-order valence-electron chi connectivity index (χ0n) is 19.2. The van der Waals surface area contributed by atoms with Crippen molar-refractivity contribution in [2.75, 3.05) is 19.0 Å². The maximum absolute atomic E-state index is 13.7. The minimum Gasteiger partial charge on any atom is -0.507 e. The first kappa shape index (κ1) is 23.5. The van der Waals surface area contributed by atoms with Crippen LogP contribution in [0.25, 0.3) is 16.2 Å². The molecule has 5 atom stereocenters. The number of ketones is 2. The van der Waals surface area contributed by atoms with Crippen LogP contribution in [0.3, 0.4) is 0 Å². The van der Waals surface area contributed by atoms with Crippen molar-refractivity contribution in [3.8, 4) is 16.2 Å². The van der Waals surface area contributed by atoms with Gasteiger partial charge in [0.2, 0.25) is 11.7 Å². The quantitative estimate of drug-likeness (QED) is 0.397. The van der Waals surface area contributed by atoms with Crippen molar-refractivity contribution >= 4 is 40.3 Å². The third kappa shape index (κ3) is 3.17. The van der Waals surface area contributed by atoms with Crippen LogP contribution in [0.1, 0.15) is 24.0 Å². The van der Waals surface area contributed by atoms with Crippen LogP contribution in [0, 0.1) is 17.8 Å². The van der Waals surface area contributed by atoms with Crippen molar-refractivity contribution in [3.63, 3.8) is 0 Å². The minimum absolute atomic E-state index is 0.0935. The van der Waals surface area contributed by atoms with E-state index in [4.69, 9.17) is 5.73 Å². The molecule has 0 aliphatic heterocycles. The molecular formula is C25H26N2O7S. The number of anilines is 1. The van der Waals surface area contributed by atoms with Crippen molar-refractivity contribution < 1.29 is 34.8 Å². The highest BCUT2D eigenvalue weighted by atomic mass is 32.1. The number of carbonyl (C=O) groups is 3. The average Bonchev–Trinajstić information content (AvgIpc) is 3.30. The highest BCUT2D eigenvalue weighted by Crippen LogP contribution is 2.54. The molecule has 2 aromatic rings. The van der Waals surface area contributed by atoms with E-state index in [1.807, 2.05) is 42.6 Å². The summed E-state index contributed by atoms with van der Waals surface area (Å²) in [5.74, 6) is -7.14. The van der Waals surface area contributed by atoms with Crippen LogP contribution >= 0.6 is 11.3 Å². The SMILES string of the molecule is CN(C)c1cc(-c2cccs2)c(O)c2c1C[C@H]1C[C@H]3CC(O)C(C(N)=O)C(=O)[C@@]3(O)C(=O)C1=C2O. The number of carbonyl (C=O) groups excluding carboxylic acids is 3. The van der Waals surface area contributed by atoms with E-state index in [1.54, 1.807) is 0 Å². The summed E-state index contributed by atoms with van der Waals surface area (Å²) in [4.78, 5) is 41.2. The molecule has 1 aromatic carbocycles. The van der Waals surface area contributed by atoms with Gasteiger partial charge in [-0.05, 0) is 48.3 Å². The molecule has 3 aliphatic rings. The molecule has 1 aromatic heterocycles. The molecule has 184 valence electrons. The number of nitrogens with zero attached hydrogens (tertiary/aromatic N) is 1. The summed E-state index contributed by atoms with van der Waals surface area (Å²) in [6.07, 6.45) is -1.14. The van der Waals surface area contributed by atoms with Crippen molar-refractivity contribution in [2.24, 2.45) is 23.5 Å². The fourth-order valence-corrected chi connectivity index (χ4v) is 6.74. The predicted molar refractivity (Wildman–Crippen MR) is 129 cm³/mol. The predicted octanol–water partition coefficient (Wildman–Crippen LogP) is 1.38. The van der Waals surface area contributed by atoms with E-state index < -0.39 is 52.7 Å². The Balaban J connectivity index is 1.71. The lowest BCUT2D eigenvalue weighted by Gasteiger charge is -2.48. The second kappa shape index (κ2) is 7.91. The number of nitrogens with two attached hydrogens (primary N) is 1. The van der Waals surface area contributed by atoms with E-state index in [2.05, 4.69) is 0 Å². The summed E-state index contributed by atoms with van der Waals surface area (Å²) in [5.41, 5.74) is 4.54. The molecule has 35 heavy (non-hydrogen) atoms. The van der Waals surface area contributed by atoms with Crippen LogP contribution in [0.2, 0.25) is 0 Å². The molecule has 0 saturated heterocycles. The number of phenolic OH excluding ortho intramolecular Hbond substituents is 1. The lowest BCUT2D eigenvalue weighted by molar-refractivity contribution is -0.174. The largest absolute Gasteiger partial charge is 0.507 e. The Hall–Kier alpha value is -3.21. The van der Waals surface area contributed by atoms with Crippen LogP contribution in [0.15, 0.2) is 29.2 Å². The van der Waals surface area contributed by atoms with Crippen molar-refractivity contribution in [2.45, 2.75) is 31.0 Å². The first-order chi connectivity index (χ1) is 16.5. The highest BCUT2D eigenvalue weighted by molar-refractivity contribution is 7.13. The third-order valence-corrected chi connectivity index (χ3v) is 8.53. The fraction of sp³-hybridized carbons (Fsp3) is 0.400. The Bertz CT molecular complexity index is 1300. The van der Waals surface area contributed by atoms with Crippen LogP contribution in [-0.2, 0) is 20.8 Å². The lowest BCUT2D eigenvalue weighted by atomic mass is 9.56. The number of benzene rings is 1. The number of aliphatic hydroxyl groups is 3. The zero-order valence-corrected chi connectivity index (χ0v) is 20.0. The van der Waals surface area contributed by atoms with Gasteiger partial charge in [0.25, 0.3) is 0 Å². The topological polar surface area (TPSA) is 161 Å². The molecule has 10 heteroatoms. The average molecular weight is 499 g/mol. The minimum atomic E-state index is -2.58. The Labute approximate surface area is 205 Å². The molecule has 2 saturated carbocycles. The monoisotopic (exact) mass is 498 g/mol. The number of amides is 1. The number of primary amides is 1. The summed E-state index contributed by atoms with van der Waals surface area (Å²) >= 11 is 1.41. The first-order valence-corrected chi connectivity index (χ1v) is 12.2. The Morgan fingerprint density at radius 3 is 2.54 bits per heavy atom. The summed E-state index contributed by atoms with van der Waals surface area (Å²) in [6, 6.07) is 5.50. The van der Waals surface area contributed by atoms with Gasteiger partial charge in [-0.25, -0.2) is 0 Å². The fourth-order valence-electron chi connectivity index (χ4n) is 5.99. The third-order valence-electron chi connectivity index (χ3n) is 7.63. The van der Waals surface area contributed by atoms with Crippen LogP contribution in [0.4, 0.5) is 5.69 Å². The van der Waals surface area contributed by atoms with Crippen LogP contribution < -0.4 is 10.6 Å². The lowest BCUT2D eigenvalue weighted by Crippen LogP contribution is -2.66. The summed E-state index contributed by atoms with van der Waals surface area (Å²) in [5, 5.41) is 46.2. The molecular weight excluding hydrogens is 472 g/mol. The number of phenols is 1. The second-order valence-corrected chi connectivity index (χ2v) is 10.7. The van der Waals surface area contributed by atoms with Gasteiger partial charge < -0.3 is 31.1 Å². The molecule has 9 nitrogen and oxygen atoms in total. The number of rotatable bonds is 3. The summed E-state index contributed by atoms with van der Waals surface area (Å²) < 4.78 is 0. The van der Waals surface area contributed by atoms with Gasteiger partial charge in [-0.15, -0.1) is 11.3 Å². The summed E-state index contributed by atoms with van der Waals surface area (Å²) in [6.45, 7) is 0. The van der Waals surface area contributed by atoms with Gasteiger partial charge in [0, 0.05) is 41.7 Å². The number of aromatic hydroxyl groups is 1. The standard InChI is InChI=1S/C25H26N2O7S/c1-27(2)14-9-13(16-4-3-5-35-16)20(29)18-12(14)7-10-6-11-8-15(28)19(24(26)33)23(32)25(11,34)22(31)17(10)21(18)30/h3-5,9-11,15,19,28-30,34H,6-8H2,1-2H3,(H2,26,33)/t10-,11+,15?,19?,25+/m1/s1. The first-order valence-electron chi connectivity index (χ1n) is 11.3. The van der Waals surface area contributed by atoms with Gasteiger partial charge >= 0.3 is 0 Å². The molecule has 1 heterocycles. The number of aliphatic hydroxyl groups excluding tert-OH is 2. The Morgan fingerprint density at radius 2 is 1.94 bits per heavy atom. The molecule has 2 fully saturated rings. The zero-order chi connectivity index (χ0) is 25.4. The van der Waals surface area contributed by atoms with Gasteiger partial charge in [-0.2, -0.15) is 0 Å². The maximum atomic E-state index is 13.7. The van der Waals surface area contributed by atoms with Gasteiger partial charge in [0.05, 0.1) is 11.7 Å². The van der Waals surface area contributed by atoms with Crippen molar-refractivity contribution in [1.29, 1.82) is 0 Å². The number of hydrogen-bond acceptors (Lipinski definition) is 9. The van der Waals surface area contributed by atoms with E-state index in [0.717, 1.165) is 10.6 Å². The van der Waals surface area contributed by atoms with Crippen molar-refractivity contribution in [3.05, 3.63) is 40.3 Å². The molecule has 0 spiro atoms. The second-order valence-electron chi connectivity index (χ2n) is 9.76. The van der Waals surface area contributed by atoms with E-state index in [1.165, 1.54) is 11.3 Å². The van der Waals surface area contributed by atoms with Crippen molar-refractivity contribution in [1.82, 2.24) is 0 Å².